The van der Waals surface area contributed by atoms with Crippen molar-refractivity contribution in [1.29, 1.82) is 0 Å². The van der Waals surface area contributed by atoms with Crippen molar-refractivity contribution in [3.8, 4) is 0 Å². The Morgan fingerprint density at radius 1 is 0.974 bits per heavy atom. The summed E-state index contributed by atoms with van der Waals surface area (Å²) in [6.07, 6.45) is 2.57. The van der Waals surface area contributed by atoms with Gasteiger partial charge in [-0.1, -0.05) is 58.4 Å². The maximum Gasteiger partial charge on any atom is 0.410 e. The number of hydrogen-bond acceptors (Lipinski definition) is 4. The molecule has 3 aliphatic rings. The van der Waals surface area contributed by atoms with Crippen LogP contribution in [0.15, 0.2) is 59.1 Å². The van der Waals surface area contributed by atoms with Crippen LogP contribution in [0.1, 0.15) is 57.1 Å². The first kappa shape index (κ1) is 27.2. The minimum absolute atomic E-state index is 0.205. The highest BCUT2D eigenvalue weighted by Gasteiger charge is 2.48. The van der Waals surface area contributed by atoms with Gasteiger partial charge in [0.1, 0.15) is 5.60 Å². The second-order valence-corrected chi connectivity index (χ2v) is 13.3. The van der Waals surface area contributed by atoms with E-state index in [2.05, 4.69) is 62.1 Å². The smallest absolute Gasteiger partial charge is 0.410 e. The molecule has 2 unspecified atom stereocenters. The molecule has 7 heteroatoms. The van der Waals surface area contributed by atoms with E-state index in [0.29, 0.717) is 31.5 Å². The largest absolute Gasteiger partial charge is 0.444 e. The van der Waals surface area contributed by atoms with Crippen LogP contribution in [-0.4, -0.2) is 71.6 Å². The van der Waals surface area contributed by atoms with Crippen LogP contribution in [0.25, 0.3) is 0 Å². The average molecular weight is 583 g/mol. The van der Waals surface area contributed by atoms with Gasteiger partial charge in [-0.3, -0.25) is 4.79 Å². The van der Waals surface area contributed by atoms with Crippen LogP contribution in [-0.2, 0) is 16.1 Å². The number of likely N-dealkylation sites (tertiary alicyclic amines) is 3. The maximum atomic E-state index is 13.5. The standard InChI is InChI=1S/C31H40BrN3O3/c1-30(2,3)38-29(37)35-21-25(27(22-35)24-7-5-4-6-8-24)20-33-16-13-31(14-17-33)15-18-34(28(31)36)19-23-9-11-26(32)12-10-23/h4-12,25,27H,13-22H2,1-3H3. The lowest BCUT2D eigenvalue weighted by molar-refractivity contribution is -0.139. The summed E-state index contributed by atoms with van der Waals surface area (Å²) in [5.41, 5.74) is 1.76. The van der Waals surface area contributed by atoms with Crippen molar-refractivity contribution in [3.05, 3.63) is 70.2 Å². The molecule has 3 aliphatic heterocycles. The van der Waals surface area contributed by atoms with Gasteiger partial charge in [-0.15, -0.1) is 0 Å². The summed E-state index contributed by atoms with van der Waals surface area (Å²) >= 11 is 3.49. The molecule has 2 aromatic rings. The van der Waals surface area contributed by atoms with Crippen LogP contribution in [0.4, 0.5) is 4.79 Å². The van der Waals surface area contributed by atoms with Gasteiger partial charge in [0.15, 0.2) is 0 Å². The molecule has 0 aromatic heterocycles. The van der Waals surface area contributed by atoms with Gasteiger partial charge >= 0.3 is 6.09 Å². The van der Waals surface area contributed by atoms with Gasteiger partial charge in [0.25, 0.3) is 0 Å². The van der Waals surface area contributed by atoms with Crippen molar-refractivity contribution in [1.82, 2.24) is 14.7 Å². The fourth-order valence-corrected chi connectivity index (χ4v) is 6.69. The molecule has 204 valence electrons. The van der Waals surface area contributed by atoms with Crippen LogP contribution >= 0.6 is 15.9 Å². The first-order chi connectivity index (χ1) is 18.1. The lowest BCUT2D eigenvalue weighted by atomic mass is 9.76. The molecule has 3 saturated heterocycles. The fraction of sp³-hybridized carbons (Fsp3) is 0.548. The predicted molar refractivity (Wildman–Crippen MR) is 153 cm³/mol. The van der Waals surface area contributed by atoms with E-state index in [-0.39, 0.29) is 17.4 Å². The fourth-order valence-electron chi connectivity index (χ4n) is 6.42. The molecular formula is C31H40BrN3O3. The van der Waals surface area contributed by atoms with Gasteiger partial charge < -0.3 is 19.4 Å². The molecule has 2 aromatic carbocycles. The van der Waals surface area contributed by atoms with E-state index in [9.17, 15) is 9.59 Å². The predicted octanol–water partition coefficient (Wildman–Crippen LogP) is 5.91. The van der Waals surface area contributed by atoms with Gasteiger partial charge in [-0.25, -0.2) is 4.79 Å². The number of halogens is 1. The highest BCUT2D eigenvalue weighted by atomic mass is 79.9. The molecule has 5 rings (SSSR count). The van der Waals surface area contributed by atoms with E-state index in [1.54, 1.807) is 0 Å². The van der Waals surface area contributed by atoms with E-state index < -0.39 is 5.60 Å². The highest BCUT2D eigenvalue weighted by Crippen LogP contribution is 2.43. The number of carbonyl (C=O) groups excluding carboxylic acids is 2. The number of amides is 2. The molecular weight excluding hydrogens is 542 g/mol. The Labute approximate surface area is 235 Å². The Morgan fingerprint density at radius 2 is 1.63 bits per heavy atom. The molecule has 1 spiro atoms. The van der Waals surface area contributed by atoms with Crippen LogP contribution in [0, 0.1) is 11.3 Å². The summed E-state index contributed by atoms with van der Waals surface area (Å²) < 4.78 is 6.77. The summed E-state index contributed by atoms with van der Waals surface area (Å²) in [6.45, 7) is 11.5. The lowest BCUT2D eigenvalue weighted by Gasteiger charge is -2.39. The molecule has 0 radical (unpaired) electrons. The van der Waals surface area contributed by atoms with Crippen LogP contribution in [0.2, 0.25) is 0 Å². The first-order valence-corrected chi connectivity index (χ1v) is 14.7. The van der Waals surface area contributed by atoms with E-state index in [1.807, 2.05) is 43.9 Å². The quantitative estimate of drug-likeness (QED) is 0.440. The number of ether oxygens (including phenoxy) is 1. The highest BCUT2D eigenvalue weighted by molar-refractivity contribution is 9.10. The molecule has 3 heterocycles. The van der Waals surface area contributed by atoms with Gasteiger partial charge in [0.05, 0.1) is 5.41 Å². The molecule has 0 aliphatic carbocycles. The molecule has 0 bridgehead atoms. The van der Waals surface area contributed by atoms with Crippen molar-refractivity contribution >= 4 is 27.9 Å². The zero-order valence-corrected chi connectivity index (χ0v) is 24.5. The lowest BCUT2D eigenvalue weighted by Crippen LogP contribution is -2.46. The minimum atomic E-state index is -0.502. The third kappa shape index (κ3) is 6.09. The number of rotatable bonds is 5. The van der Waals surface area contributed by atoms with E-state index in [0.717, 1.165) is 49.9 Å². The summed E-state index contributed by atoms with van der Waals surface area (Å²) in [5.74, 6) is 0.959. The van der Waals surface area contributed by atoms with Crippen molar-refractivity contribution in [2.24, 2.45) is 11.3 Å². The third-order valence-corrected chi connectivity index (χ3v) is 9.04. The Kier molecular flexibility index (Phi) is 7.88. The molecule has 2 atom stereocenters. The van der Waals surface area contributed by atoms with Gasteiger partial charge in [0.2, 0.25) is 5.91 Å². The van der Waals surface area contributed by atoms with Gasteiger partial charge in [-0.2, -0.15) is 0 Å². The van der Waals surface area contributed by atoms with E-state index in [1.165, 1.54) is 11.1 Å². The number of benzene rings is 2. The topological polar surface area (TPSA) is 53.1 Å². The summed E-state index contributed by atoms with van der Waals surface area (Å²) in [5, 5.41) is 0. The van der Waals surface area contributed by atoms with Crippen molar-refractivity contribution in [3.63, 3.8) is 0 Å². The molecule has 0 saturated carbocycles. The summed E-state index contributed by atoms with van der Waals surface area (Å²) in [4.78, 5) is 32.9. The van der Waals surface area contributed by atoms with Crippen LogP contribution in [0.5, 0.6) is 0 Å². The normalized spacial score (nSPS) is 23.8. The monoisotopic (exact) mass is 581 g/mol. The van der Waals surface area contributed by atoms with E-state index in [4.69, 9.17) is 4.74 Å². The summed E-state index contributed by atoms with van der Waals surface area (Å²) in [6, 6.07) is 18.8. The zero-order chi connectivity index (χ0) is 26.9. The Balaban J connectivity index is 1.20. The average Bonchev–Trinajstić information content (AvgIpc) is 3.44. The van der Waals surface area contributed by atoms with Crippen molar-refractivity contribution in [2.45, 2.75) is 58.1 Å². The number of carbonyl (C=O) groups is 2. The minimum Gasteiger partial charge on any atom is -0.444 e. The first-order valence-electron chi connectivity index (χ1n) is 13.9. The van der Waals surface area contributed by atoms with Crippen LogP contribution in [0.3, 0.4) is 0 Å². The third-order valence-electron chi connectivity index (χ3n) is 8.51. The second kappa shape index (κ2) is 11.0. The second-order valence-electron chi connectivity index (χ2n) is 12.3. The maximum absolute atomic E-state index is 13.5. The number of piperidine rings is 1. The Bertz CT molecular complexity index is 1120. The Hall–Kier alpha value is -2.38. The molecule has 0 N–H and O–H groups in total. The van der Waals surface area contributed by atoms with Gasteiger partial charge in [0, 0.05) is 43.1 Å². The SMILES string of the molecule is CC(C)(C)OC(=O)N1CC(CN2CCC3(CC2)CCN(Cc2ccc(Br)cc2)C3=O)C(c2ccccc2)C1. The van der Waals surface area contributed by atoms with Crippen molar-refractivity contribution < 1.29 is 14.3 Å². The zero-order valence-electron chi connectivity index (χ0n) is 22.9. The van der Waals surface area contributed by atoms with Crippen molar-refractivity contribution in [2.75, 3.05) is 39.3 Å². The number of nitrogens with zero attached hydrogens (tertiary/aromatic N) is 3. The molecule has 3 fully saturated rings. The van der Waals surface area contributed by atoms with E-state index >= 15 is 0 Å². The molecule has 6 nitrogen and oxygen atoms in total. The molecule has 38 heavy (non-hydrogen) atoms. The molecule has 2 amide bonds. The Morgan fingerprint density at radius 3 is 2.29 bits per heavy atom. The van der Waals surface area contributed by atoms with Gasteiger partial charge in [-0.05, 0) is 82.3 Å². The van der Waals surface area contributed by atoms with Crippen LogP contribution < -0.4 is 0 Å². The number of hydrogen-bond donors (Lipinski definition) is 0. The summed E-state index contributed by atoms with van der Waals surface area (Å²) in [7, 11) is 0.